The van der Waals surface area contributed by atoms with Gasteiger partial charge >= 0.3 is 0 Å². The Labute approximate surface area is 213 Å². The summed E-state index contributed by atoms with van der Waals surface area (Å²) in [5.74, 6) is 0.490. The van der Waals surface area contributed by atoms with E-state index in [1.165, 1.54) is 16.4 Å². The molecule has 3 aliphatic heterocycles. The minimum atomic E-state index is -0.159. The van der Waals surface area contributed by atoms with E-state index in [0.29, 0.717) is 28.8 Å². The molecule has 0 N–H and O–H groups in total. The summed E-state index contributed by atoms with van der Waals surface area (Å²) in [7, 11) is 0. The zero-order valence-electron chi connectivity index (χ0n) is 19.8. The Hall–Kier alpha value is -3.90. The summed E-state index contributed by atoms with van der Waals surface area (Å²) < 4.78 is 3.52. The standard InChI is InChI=1S/C27H26N6O2S/c28-16-10-18-31(20-11-4-1-5-12-20)23(34)19-36-27-29-25-24(22-15-8-3-9-17-32(22)27)26(35)33(30-25)21-13-6-2-7-14-21/h1-2,4-7,11-14H,3,8-10,15,17-19H2. The highest BCUT2D eigenvalue weighted by Crippen LogP contribution is 2.31. The number of nitrogens with zero attached hydrogens (tertiary/aromatic N) is 6. The molecule has 3 heterocycles. The average molecular weight is 499 g/mol. The molecule has 0 radical (unpaired) electrons. The predicted octanol–water partition coefficient (Wildman–Crippen LogP) is 4.30. The number of fused-ring (bicyclic) bond motifs is 3. The maximum atomic E-state index is 13.4. The number of anilines is 1. The number of benzene rings is 2. The minimum Gasteiger partial charge on any atom is -0.324 e. The van der Waals surface area contributed by atoms with Crippen LogP contribution < -0.4 is 10.5 Å². The fraction of sp³-hybridized carbons (Fsp3) is 0.296. The number of carbonyl (C=O) groups excluding carboxylic acids is 1. The maximum Gasteiger partial charge on any atom is 0.284 e. The zero-order valence-corrected chi connectivity index (χ0v) is 20.7. The lowest BCUT2D eigenvalue weighted by Crippen LogP contribution is -2.33. The quantitative estimate of drug-likeness (QED) is 0.278. The Balaban J connectivity index is 1.49. The van der Waals surface area contributed by atoms with E-state index in [1.807, 2.05) is 60.7 Å². The van der Waals surface area contributed by atoms with E-state index < -0.39 is 0 Å². The SMILES string of the molecule is N#CCCN(C(=O)CSc1nc2nn(-c3ccccc3)c(=O)c-2c2n1CCCCC2)c1ccccc1. The molecule has 5 rings (SSSR count). The molecule has 8 nitrogen and oxygen atoms in total. The molecular weight excluding hydrogens is 472 g/mol. The van der Waals surface area contributed by atoms with Crippen LogP contribution in [0.2, 0.25) is 0 Å². The number of aromatic nitrogens is 4. The molecule has 0 aromatic heterocycles. The van der Waals surface area contributed by atoms with Crippen LogP contribution >= 0.6 is 11.8 Å². The normalized spacial score (nSPS) is 13.1. The molecule has 0 unspecified atom stereocenters. The fourth-order valence-corrected chi connectivity index (χ4v) is 5.50. The number of hydrogen-bond donors (Lipinski definition) is 0. The number of carbonyl (C=O) groups is 1. The molecule has 0 aliphatic carbocycles. The number of para-hydroxylation sites is 2. The first-order valence-electron chi connectivity index (χ1n) is 12.1. The molecule has 0 fully saturated rings. The third-order valence-electron chi connectivity index (χ3n) is 6.31. The summed E-state index contributed by atoms with van der Waals surface area (Å²) >= 11 is 1.36. The third kappa shape index (κ3) is 4.77. The van der Waals surface area contributed by atoms with E-state index in [1.54, 1.807) is 4.90 Å². The van der Waals surface area contributed by atoms with Gasteiger partial charge < -0.3 is 9.47 Å². The van der Waals surface area contributed by atoms with E-state index in [-0.39, 0.29) is 23.6 Å². The lowest BCUT2D eigenvalue weighted by molar-refractivity contribution is -0.116. The van der Waals surface area contributed by atoms with Crippen LogP contribution in [0.3, 0.4) is 0 Å². The van der Waals surface area contributed by atoms with Crippen molar-refractivity contribution in [1.29, 1.82) is 5.26 Å². The number of rotatable bonds is 7. The smallest absolute Gasteiger partial charge is 0.284 e. The van der Waals surface area contributed by atoms with Gasteiger partial charge in [0, 0.05) is 24.5 Å². The van der Waals surface area contributed by atoms with Crippen molar-refractivity contribution < 1.29 is 4.79 Å². The molecule has 1 amide bonds. The Kier molecular flexibility index (Phi) is 7.14. The van der Waals surface area contributed by atoms with Gasteiger partial charge in [0.15, 0.2) is 11.0 Å². The average Bonchev–Trinajstić information content (AvgIpc) is 3.07. The summed E-state index contributed by atoms with van der Waals surface area (Å²) in [6.45, 7) is 1.08. The Bertz CT molecular complexity index is 1420. The van der Waals surface area contributed by atoms with Crippen LogP contribution in [0.4, 0.5) is 5.69 Å². The molecule has 2 aromatic carbocycles. The summed E-state index contributed by atoms with van der Waals surface area (Å²) in [6, 6.07) is 20.9. The lowest BCUT2D eigenvalue weighted by Gasteiger charge is -2.22. The van der Waals surface area contributed by atoms with Gasteiger partial charge in [-0.15, -0.1) is 5.10 Å². The highest BCUT2D eigenvalue weighted by molar-refractivity contribution is 7.99. The van der Waals surface area contributed by atoms with E-state index in [4.69, 9.17) is 10.2 Å². The molecular formula is C27H26N6O2S. The van der Waals surface area contributed by atoms with Crippen molar-refractivity contribution in [2.45, 2.75) is 43.8 Å². The van der Waals surface area contributed by atoms with Crippen LogP contribution in [0.25, 0.3) is 17.1 Å². The van der Waals surface area contributed by atoms with E-state index >= 15 is 0 Å². The Morgan fingerprint density at radius 1 is 1.06 bits per heavy atom. The first kappa shape index (κ1) is 23.8. The van der Waals surface area contributed by atoms with Crippen molar-refractivity contribution >= 4 is 23.4 Å². The van der Waals surface area contributed by atoms with Gasteiger partial charge in [-0.2, -0.15) is 9.94 Å². The Morgan fingerprint density at radius 2 is 1.81 bits per heavy atom. The van der Waals surface area contributed by atoms with Gasteiger partial charge in [0.2, 0.25) is 5.91 Å². The molecule has 3 aliphatic rings. The molecule has 0 saturated heterocycles. The molecule has 0 atom stereocenters. The second-order valence-electron chi connectivity index (χ2n) is 8.63. The molecule has 9 heteroatoms. The highest BCUT2D eigenvalue weighted by atomic mass is 32.2. The van der Waals surface area contributed by atoms with Gasteiger partial charge in [0.1, 0.15) is 5.56 Å². The number of hydrogen-bond acceptors (Lipinski definition) is 6. The molecule has 36 heavy (non-hydrogen) atoms. The lowest BCUT2D eigenvalue weighted by atomic mass is 10.1. The van der Waals surface area contributed by atoms with Crippen molar-refractivity contribution in [2.75, 3.05) is 17.2 Å². The molecule has 2 aromatic rings. The van der Waals surface area contributed by atoms with Crippen LogP contribution in [-0.4, -0.2) is 37.5 Å². The van der Waals surface area contributed by atoms with Gasteiger partial charge in [0.05, 0.1) is 23.9 Å². The summed E-state index contributed by atoms with van der Waals surface area (Å²) in [5, 5.41) is 14.3. The van der Waals surface area contributed by atoms with Crippen molar-refractivity contribution in [2.24, 2.45) is 0 Å². The van der Waals surface area contributed by atoms with E-state index in [2.05, 4.69) is 15.7 Å². The van der Waals surface area contributed by atoms with E-state index in [0.717, 1.165) is 43.6 Å². The summed E-state index contributed by atoms with van der Waals surface area (Å²) in [4.78, 5) is 33.1. The molecule has 0 spiro atoms. The maximum absolute atomic E-state index is 13.4. The topological polar surface area (TPSA) is 96.8 Å². The molecule has 0 bridgehead atoms. The van der Waals surface area contributed by atoms with Crippen LogP contribution in [0.5, 0.6) is 0 Å². The van der Waals surface area contributed by atoms with Crippen LogP contribution in [-0.2, 0) is 17.8 Å². The second kappa shape index (κ2) is 10.8. The first-order valence-corrected chi connectivity index (χ1v) is 13.1. The van der Waals surface area contributed by atoms with Crippen molar-refractivity contribution in [1.82, 2.24) is 19.3 Å². The van der Waals surface area contributed by atoms with Gasteiger partial charge in [-0.25, -0.2) is 4.98 Å². The predicted molar refractivity (Wildman–Crippen MR) is 140 cm³/mol. The Morgan fingerprint density at radius 3 is 2.56 bits per heavy atom. The second-order valence-corrected chi connectivity index (χ2v) is 9.57. The van der Waals surface area contributed by atoms with Crippen molar-refractivity contribution in [3.8, 4) is 23.1 Å². The van der Waals surface area contributed by atoms with Crippen LogP contribution in [0, 0.1) is 11.3 Å². The number of amides is 1. The largest absolute Gasteiger partial charge is 0.324 e. The van der Waals surface area contributed by atoms with Gasteiger partial charge in [-0.05, 0) is 43.5 Å². The van der Waals surface area contributed by atoms with Gasteiger partial charge in [0.25, 0.3) is 5.56 Å². The molecule has 0 saturated carbocycles. The third-order valence-corrected chi connectivity index (χ3v) is 7.27. The highest BCUT2D eigenvalue weighted by Gasteiger charge is 2.27. The number of thioether (sulfide) groups is 1. The van der Waals surface area contributed by atoms with Gasteiger partial charge in [-0.1, -0.05) is 54.6 Å². The van der Waals surface area contributed by atoms with Crippen molar-refractivity contribution in [3.63, 3.8) is 0 Å². The first-order chi connectivity index (χ1) is 17.7. The molecule has 182 valence electrons. The number of nitriles is 1. The van der Waals surface area contributed by atoms with Crippen LogP contribution in [0.15, 0.2) is 70.6 Å². The zero-order chi connectivity index (χ0) is 24.9. The summed E-state index contributed by atoms with van der Waals surface area (Å²) in [6.07, 6.45) is 4.08. The van der Waals surface area contributed by atoms with Crippen LogP contribution in [0.1, 0.15) is 31.4 Å². The fourth-order valence-electron chi connectivity index (χ4n) is 4.58. The van der Waals surface area contributed by atoms with E-state index in [9.17, 15) is 9.59 Å². The van der Waals surface area contributed by atoms with Gasteiger partial charge in [-0.3, -0.25) is 9.59 Å². The monoisotopic (exact) mass is 498 g/mol. The minimum absolute atomic E-state index is 0.0920. The summed E-state index contributed by atoms with van der Waals surface area (Å²) in [5.41, 5.74) is 2.83. The van der Waals surface area contributed by atoms with Crippen molar-refractivity contribution in [3.05, 3.63) is 76.7 Å².